The van der Waals surface area contributed by atoms with E-state index in [0.29, 0.717) is 12.3 Å². The quantitative estimate of drug-likeness (QED) is 0.555. The van der Waals surface area contributed by atoms with Crippen molar-refractivity contribution in [3.05, 3.63) is 24.2 Å². The minimum atomic E-state index is -4.22. The fraction of sp³-hybridized carbons (Fsp3) is 0.615. The van der Waals surface area contributed by atoms with Crippen LogP contribution in [0.1, 0.15) is 26.0 Å². The molecule has 1 atom stereocenters. The number of nitrogens with zero attached hydrogens (tertiary/aromatic N) is 1. The number of halogens is 3. The zero-order valence-corrected chi connectivity index (χ0v) is 12.0. The topological polar surface area (TPSA) is 69.8 Å². The number of hydrogen-bond donors (Lipinski definition) is 3. The molecule has 5 nitrogen and oxygen atoms in total. The van der Waals surface area contributed by atoms with Gasteiger partial charge in [0.15, 0.2) is 5.96 Å². The minimum absolute atomic E-state index is 0.0398. The summed E-state index contributed by atoms with van der Waals surface area (Å²) >= 11 is 0. The Morgan fingerprint density at radius 2 is 2.10 bits per heavy atom. The van der Waals surface area contributed by atoms with Crippen LogP contribution < -0.4 is 10.6 Å². The lowest BCUT2D eigenvalue weighted by Crippen LogP contribution is -2.40. The summed E-state index contributed by atoms with van der Waals surface area (Å²) in [6.45, 7) is 3.50. The van der Waals surface area contributed by atoms with Gasteiger partial charge < -0.3 is 20.2 Å². The van der Waals surface area contributed by atoms with Crippen LogP contribution in [0.2, 0.25) is 0 Å². The molecule has 0 aliphatic heterocycles. The van der Waals surface area contributed by atoms with Crippen molar-refractivity contribution < 1.29 is 22.7 Å². The second-order valence-corrected chi connectivity index (χ2v) is 4.74. The van der Waals surface area contributed by atoms with Crippen molar-refractivity contribution in [1.82, 2.24) is 10.6 Å². The summed E-state index contributed by atoms with van der Waals surface area (Å²) in [6.07, 6.45) is -3.74. The van der Waals surface area contributed by atoms with E-state index < -0.39 is 18.2 Å². The molecule has 8 heteroatoms. The molecule has 21 heavy (non-hydrogen) atoms. The van der Waals surface area contributed by atoms with E-state index in [2.05, 4.69) is 15.6 Å². The molecule has 1 rings (SSSR count). The number of guanidine groups is 1. The maximum Gasteiger partial charge on any atom is 0.390 e. The third-order valence-corrected chi connectivity index (χ3v) is 2.64. The van der Waals surface area contributed by atoms with Gasteiger partial charge >= 0.3 is 6.18 Å². The van der Waals surface area contributed by atoms with Crippen LogP contribution in [0.4, 0.5) is 13.2 Å². The summed E-state index contributed by atoms with van der Waals surface area (Å²) in [5.41, 5.74) is -1.32. The lowest BCUT2D eigenvalue weighted by Gasteiger charge is -2.19. The molecule has 0 fully saturated rings. The molecule has 0 saturated carbocycles. The van der Waals surface area contributed by atoms with Gasteiger partial charge in [0.2, 0.25) is 0 Å². The molecule has 0 aliphatic carbocycles. The molecule has 1 heterocycles. The molecule has 0 radical (unpaired) electrons. The predicted octanol–water partition coefficient (Wildman–Crippen LogP) is 1.99. The number of furan rings is 1. The second kappa shape index (κ2) is 7.35. The van der Waals surface area contributed by atoms with Gasteiger partial charge in [-0.15, -0.1) is 0 Å². The van der Waals surface area contributed by atoms with Crippen LogP contribution >= 0.6 is 0 Å². The number of alkyl halides is 3. The first kappa shape index (κ1) is 17.4. The van der Waals surface area contributed by atoms with Gasteiger partial charge in [-0.3, -0.25) is 0 Å². The summed E-state index contributed by atoms with van der Waals surface area (Å²) in [4.78, 5) is 4.08. The van der Waals surface area contributed by atoms with E-state index in [0.717, 1.165) is 0 Å². The van der Waals surface area contributed by atoms with Gasteiger partial charge in [-0.25, -0.2) is 4.99 Å². The van der Waals surface area contributed by atoms with E-state index in [9.17, 15) is 18.3 Å². The normalized spacial score (nSPS) is 15.6. The van der Waals surface area contributed by atoms with Gasteiger partial charge in [-0.2, -0.15) is 13.2 Å². The molecule has 0 saturated heterocycles. The standard InChI is InChI=1S/C13H20F3N3O2/c1-3-17-11(18-7-6-13(14,15)16)19-9-12(2,20)10-5-4-8-21-10/h4-5,8,20H,3,6-7,9H2,1-2H3,(H2,17,18,19). The Kier molecular flexibility index (Phi) is 6.07. The minimum Gasteiger partial charge on any atom is -0.466 e. The van der Waals surface area contributed by atoms with E-state index in [-0.39, 0.29) is 19.0 Å². The van der Waals surface area contributed by atoms with Gasteiger partial charge in [0.05, 0.1) is 19.2 Å². The van der Waals surface area contributed by atoms with Crippen molar-refractivity contribution in [3.8, 4) is 0 Å². The highest BCUT2D eigenvalue weighted by atomic mass is 19.4. The molecule has 1 aromatic rings. The van der Waals surface area contributed by atoms with Gasteiger partial charge in [0.1, 0.15) is 11.4 Å². The molecule has 0 bridgehead atoms. The molecular formula is C13H20F3N3O2. The molecule has 0 amide bonds. The zero-order valence-electron chi connectivity index (χ0n) is 12.0. The molecule has 1 unspecified atom stereocenters. The van der Waals surface area contributed by atoms with E-state index in [4.69, 9.17) is 4.42 Å². The molecule has 1 aromatic heterocycles. The van der Waals surface area contributed by atoms with Crippen LogP contribution in [0.3, 0.4) is 0 Å². The predicted molar refractivity (Wildman–Crippen MR) is 72.9 cm³/mol. The molecular weight excluding hydrogens is 287 g/mol. The number of hydrogen-bond acceptors (Lipinski definition) is 3. The van der Waals surface area contributed by atoms with Gasteiger partial charge in [-0.1, -0.05) is 0 Å². The Bertz CT molecular complexity index is 442. The lowest BCUT2D eigenvalue weighted by molar-refractivity contribution is -0.132. The van der Waals surface area contributed by atoms with Gasteiger partial charge in [-0.05, 0) is 26.0 Å². The molecule has 0 aromatic carbocycles. The molecule has 3 N–H and O–H groups in total. The van der Waals surface area contributed by atoms with Gasteiger partial charge in [0, 0.05) is 13.1 Å². The Morgan fingerprint density at radius 3 is 2.62 bits per heavy atom. The number of nitrogens with one attached hydrogen (secondary N) is 2. The highest BCUT2D eigenvalue weighted by Crippen LogP contribution is 2.21. The summed E-state index contributed by atoms with van der Waals surface area (Å²) in [5, 5.41) is 15.6. The van der Waals surface area contributed by atoms with Crippen molar-refractivity contribution in [2.75, 3.05) is 19.6 Å². The summed E-state index contributed by atoms with van der Waals surface area (Å²) < 4.78 is 41.4. The van der Waals surface area contributed by atoms with Crippen LogP contribution in [0.25, 0.3) is 0 Å². The average Bonchev–Trinajstić information content (AvgIpc) is 2.89. The monoisotopic (exact) mass is 307 g/mol. The van der Waals surface area contributed by atoms with E-state index in [1.54, 1.807) is 19.1 Å². The van der Waals surface area contributed by atoms with E-state index >= 15 is 0 Å². The van der Waals surface area contributed by atoms with Crippen LogP contribution in [-0.2, 0) is 5.60 Å². The number of aliphatic hydroxyl groups is 1. The highest BCUT2D eigenvalue weighted by molar-refractivity contribution is 5.79. The summed E-state index contributed by atoms with van der Waals surface area (Å²) in [7, 11) is 0. The first-order valence-corrected chi connectivity index (χ1v) is 6.60. The largest absolute Gasteiger partial charge is 0.466 e. The number of rotatable bonds is 6. The smallest absolute Gasteiger partial charge is 0.390 e. The highest BCUT2D eigenvalue weighted by Gasteiger charge is 2.27. The van der Waals surface area contributed by atoms with E-state index in [1.165, 1.54) is 13.2 Å². The first-order valence-electron chi connectivity index (χ1n) is 6.60. The summed E-state index contributed by atoms with van der Waals surface area (Å²) in [6, 6.07) is 3.25. The maximum atomic E-state index is 12.1. The SMILES string of the molecule is CCNC(=NCC(C)(O)c1ccco1)NCCC(F)(F)F. The van der Waals surface area contributed by atoms with Crippen molar-refractivity contribution in [1.29, 1.82) is 0 Å². The fourth-order valence-electron chi connectivity index (χ4n) is 1.56. The van der Waals surface area contributed by atoms with Crippen LogP contribution in [0.15, 0.2) is 27.8 Å². The third kappa shape index (κ3) is 6.52. The van der Waals surface area contributed by atoms with Crippen LogP contribution in [0, 0.1) is 0 Å². The zero-order chi connectivity index (χ0) is 15.9. The summed E-state index contributed by atoms with van der Waals surface area (Å²) in [5.74, 6) is 0.561. The Hall–Kier alpha value is -1.70. The van der Waals surface area contributed by atoms with Crippen molar-refractivity contribution in [3.63, 3.8) is 0 Å². The Morgan fingerprint density at radius 1 is 1.38 bits per heavy atom. The molecule has 120 valence electrons. The van der Waals surface area contributed by atoms with Crippen LogP contribution in [-0.4, -0.2) is 36.9 Å². The average molecular weight is 307 g/mol. The number of aliphatic imine (C=N–C) groups is 1. The van der Waals surface area contributed by atoms with Crippen molar-refractivity contribution >= 4 is 5.96 Å². The van der Waals surface area contributed by atoms with Gasteiger partial charge in [0.25, 0.3) is 0 Å². The van der Waals surface area contributed by atoms with E-state index in [1.807, 2.05) is 0 Å². The molecule has 0 aliphatic rings. The first-order chi connectivity index (χ1) is 9.74. The molecule has 0 spiro atoms. The van der Waals surface area contributed by atoms with Crippen LogP contribution in [0.5, 0.6) is 0 Å². The Labute approximate surface area is 121 Å². The second-order valence-electron chi connectivity index (χ2n) is 4.74. The van der Waals surface area contributed by atoms with Crippen molar-refractivity contribution in [2.45, 2.75) is 32.0 Å². The maximum absolute atomic E-state index is 12.1. The fourth-order valence-corrected chi connectivity index (χ4v) is 1.56. The Balaban J connectivity index is 2.59. The van der Waals surface area contributed by atoms with Crippen molar-refractivity contribution in [2.24, 2.45) is 4.99 Å². The lowest BCUT2D eigenvalue weighted by atomic mass is 10.0. The third-order valence-electron chi connectivity index (χ3n) is 2.64.